The van der Waals surface area contributed by atoms with Gasteiger partial charge in [-0.05, 0) is 65.7 Å². The second-order valence-electron chi connectivity index (χ2n) is 6.65. The van der Waals surface area contributed by atoms with E-state index >= 15 is 0 Å². The predicted molar refractivity (Wildman–Crippen MR) is 126 cm³/mol. The fourth-order valence-corrected chi connectivity index (χ4v) is 2.84. The molecule has 6 nitrogen and oxygen atoms in total. The number of amides is 1. The third-order valence-electron chi connectivity index (χ3n) is 4.36. The van der Waals surface area contributed by atoms with Crippen LogP contribution in [0.1, 0.15) is 21.5 Å². The van der Waals surface area contributed by atoms with Gasteiger partial charge < -0.3 is 14.2 Å². The van der Waals surface area contributed by atoms with E-state index in [2.05, 4.69) is 17.1 Å². The summed E-state index contributed by atoms with van der Waals surface area (Å²) in [6.45, 7) is 4.39. The van der Waals surface area contributed by atoms with Gasteiger partial charge in [-0.2, -0.15) is 5.10 Å². The first-order chi connectivity index (χ1) is 15.6. The summed E-state index contributed by atoms with van der Waals surface area (Å²) < 4.78 is 16.7. The van der Waals surface area contributed by atoms with Gasteiger partial charge in [0, 0.05) is 10.6 Å². The van der Waals surface area contributed by atoms with Gasteiger partial charge in [-0.25, -0.2) is 5.43 Å². The Balaban J connectivity index is 1.57. The molecule has 164 valence electrons. The molecule has 7 heteroatoms. The smallest absolute Gasteiger partial charge is 0.271 e. The van der Waals surface area contributed by atoms with Gasteiger partial charge in [0.1, 0.15) is 19.0 Å². The van der Waals surface area contributed by atoms with Crippen LogP contribution in [-0.2, 0) is 6.61 Å². The van der Waals surface area contributed by atoms with Crippen molar-refractivity contribution in [3.05, 3.63) is 101 Å². The Morgan fingerprint density at radius 2 is 1.78 bits per heavy atom. The van der Waals surface area contributed by atoms with Crippen molar-refractivity contribution < 1.29 is 19.0 Å². The molecular weight excluding hydrogens is 428 g/mol. The van der Waals surface area contributed by atoms with E-state index in [0.29, 0.717) is 41.0 Å². The van der Waals surface area contributed by atoms with E-state index in [1.165, 1.54) is 6.21 Å². The van der Waals surface area contributed by atoms with Crippen molar-refractivity contribution in [3.63, 3.8) is 0 Å². The summed E-state index contributed by atoms with van der Waals surface area (Å²) in [7, 11) is 1.57. The zero-order chi connectivity index (χ0) is 22.8. The first-order valence-electron chi connectivity index (χ1n) is 9.81. The predicted octanol–water partition coefficient (Wildman–Crippen LogP) is 5.26. The number of nitrogens with one attached hydrogen (secondary N) is 1. The lowest BCUT2D eigenvalue weighted by Gasteiger charge is -2.11. The highest BCUT2D eigenvalue weighted by atomic mass is 35.5. The minimum absolute atomic E-state index is 0.327. The number of hydrazone groups is 1. The quantitative estimate of drug-likeness (QED) is 0.260. The molecule has 32 heavy (non-hydrogen) atoms. The maximum absolute atomic E-state index is 12.2. The molecular formula is C25H23ClN2O4. The van der Waals surface area contributed by atoms with E-state index in [4.69, 9.17) is 25.8 Å². The minimum Gasteiger partial charge on any atom is -0.493 e. The lowest BCUT2D eigenvalue weighted by atomic mass is 10.2. The molecule has 0 saturated carbocycles. The molecule has 3 aromatic rings. The molecule has 0 aliphatic heterocycles. The Morgan fingerprint density at radius 1 is 1.03 bits per heavy atom. The molecule has 0 aliphatic rings. The summed E-state index contributed by atoms with van der Waals surface area (Å²) in [5.74, 6) is 1.49. The van der Waals surface area contributed by atoms with Crippen LogP contribution in [0.4, 0.5) is 0 Å². The first-order valence-corrected chi connectivity index (χ1v) is 10.2. The van der Waals surface area contributed by atoms with E-state index < -0.39 is 0 Å². The average molecular weight is 451 g/mol. The molecule has 0 bridgehead atoms. The Kier molecular flexibility index (Phi) is 8.29. The number of ether oxygens (including phenoxy) is 3. The number of rotatable bonds is 10. The van der Waals surface area contributed by atoms with E-state index in [9.17, 15) is 4.79 Å². The Hall–Kier alpha value is -3.77. The SMILES string of the molecule is C=CCOc1ccc(C(=O)N/N=C\c2ccc(OCc3ccc(Cl)cc3)c(OC)c2)cc1. The number of methoxy groups -OCH3 is 1. The monoisotopic (exact) mass is 450 g/mol. The summed E-state index contributed by atoms with van der Waals surface area (Å²) in [4.78, 5) is 12.2. The number of nitrogens with zero attached hydrogens (tertiary/aromatic N) is 1. The highest BCUT2D eigenvalue weighted by Crippen LogP contribution is 2.28. The van der Waals surface area contributed by atoms with Crippen LogP contribution in [0.5, 0.6) is 17.2 Å². The van der Waals surface area contributed by atoms with Crippen LogP contribution >= 0.6 is 11.6 Å². The Morgan fingerprint density at radius 3 is 2.47 bits per heavy atom. The van der Waals surface area contributed by atoms with Crippen LogP contribution in [-0.4, -0.2) is 25.8 Å². The average Bonchev–Trinajstić information content (AvgIpc) is 2.83. The molecule has 0 heterocycles. The lowest BCUT2D eigenvalue weighted by Crippen LogP contribution is -2.17. The van der Waals surface area contributed by atoms with E-state index in [1.807, 2.05) is 30.3 Å². The maximum Gasteiger partial charge on any atom is 0.271 e. The standard InChI is InChI=1S/C25H23ClN2O4/c1-3-14-31-22-11-7-20(8-12-22)25(29)28-27-16-19-6-13-23(24(15-19)30-2)32-17-18-4-9-21(26)10-5-18/h3-13,15-16H,1,14,17H2,2H3,(H,28,29)/b27-16-. The number of hydrogen-bond acceptors (Lipinski definition) is 5. The molecule has 0 fully saturated rings. The summed E-state index contributed by atoms with van der Waals surface area (Å²) >= 11 is 5.91. The largest absolute Gasteiger partial charge is 0.493 e. The third-order valence-corrected chi connectivity index (χ3v) is 4.61. The van der Waals surface area contributed by atoms with Crippen LogP contribution in [0, 0.1) is 0 Å². The minimum atomic E-state index is -0.327. The van der Waals surface area contributed by atoms with Gasteiger partial charge in [0.25, 0.3) is 5.91 Å². The molecule has 1 amide bonds. The van der Waals surface area contributed by atoms with Crippen LogP contribution < -0.4 is 19.6 Å². The maximum atomic E-state index is 12.2. The molecule has 0 spiro atoms. The Bertz CT molecular complexity index is 1080. The Labute approximate surface area is 192 Å². The van der Waals surface area contributed by atoms with E-state index in [-0.39, 0.29) is 5.91 Å². The summed E-state index contributed by atoms with van der Waals surface area (Å²) in [6, 6.07) is 19.6. The number of hydrogen-bond donors (Lipinski definition) is 1. The van der Waals surface area contributed by atoms with Crippen molar-refractivity contribution in [2.24, 2.45) is 5.10 Å². The van der Waals surface area contributed by atoms with Gasteiger partial charge in [0.05, 0.1) is 13.3 Å². The number of carbonyl (C=O) groups is 1. The highest BCUT2D eigenvalue weighted by Gasteiger charge is 2.07. The van der Waals surface area contributed by atoms with Crippen molar-refractivity contribution in [1.29, 1.82) is 0 Å². The van der Waals surface area contributed by atoms with Crippen LogP contribution in [0.25, 0.3) is 0 Å². The normalized spacial score (nSPS) is 10.6. The summed E-state index contributed by atoms with van der Waals surface area (Å²) in [5, 5.41) is 4.70. The van der Waals surface area contributed by atoms with Crippen molar-refractivity contribution in [3.8, 4) is 17.2 Å². The lowest BCUT2D eigenvalue weighted by molar-refractivity contribution is 0.0955. The van der Waals surface area contributed by atoms with Gasteiger partial charge >= 0.3 is 0 Å². The van der Waals surface area contributed by atoms with Crippen LogP contribution in [0.2, 0.25) is 5.02 Å². The van der Waals surface area contributed by atoms with Gasteiger partial charge in [-0.1, -0.05) is 36.4 Å². The second kappa shape index (κ2) is 11.6. The summed E-state index contributed by atoms with van der Waals surface area (Å²) in [5.41, 5.74) is 4.71. The molecule has 0 atom stereocenters. The number of carbonyl (C=O) groups excluding carboxylic acids is 1. The van der Waals surface area contributed by atoms with E-state index in [0.717, 1.165) is 11.1 Å². The zero-order valence-corrected chi connectivity index (χ0v) is 18.3. The van der Waals surface area contributed by atoms with Crippen molar-refractivity contribution in [1.82, 2.24) is 5.43 Å². The molecule has 0 radical (unpaired) electrons. The van der Waals surface area contributed by atoms with Crippen molar-refractivity contribution in [2.75, 3.05) is 13.7 Å². The number of halogens is 1. The molecule has 0 unspecified atom stereocenters. The fourth-order valence-electron chi connectivity index (χ4n) is 2.71. The van der Waals surface area contributed by atoms with E-state index in [1.54, 1.807) is 49.6 Å². The van der Waals surface area contributed by atoms with Gasteiger partial charge in [-0.3, -0.25) is 4.79 Å². The van der Waals surface area contributed by atoms with Gasteiger partial charge in [-0.15, -0.1) is 0 Å². The molecule has 0 aliphatic carbocycles. The fraction of sp³-hybridized carbons (Fsp3) is 0.120. The first kappa shape index (κ1) is 22.9. The summed E-state index contributed by atoms with van der Waals surface area (Å²) in [6.07, 6.45) is 3.19. The highest BCUT2D eigenvalue weighted by molar-refractivity contribution is 6.30. The third kappa shape index (κ3) is 6.62. The van der Waals surface area contributed by atoms with Crippen LogP contribution in [0.3, 0.4) is 0 Å². The molecule has 3 aromatic carbocycles. The molecule has 0 saturated heterocycles. The molecule has 0 aromatic heterocycles. The molecule has 1 N–H and O–H groups in total. The number of benzene rings is 3. The van der Waals surface area contributed by atoms with Gasteiger partial charge in [0.15, 0.2) is 11.5 Å². The zero-order valence-electron chi connectivity index (χ0n) is 17.6. The van der Waals surface area contributed by atoms with Crippen molar-refractivity contribution in [2.45, 2.75) is 6.61 Å². The topological polar surface area (TPSA) is 69.2 Å². The van der Waals surface area contributed by atoms with Gasteiger partial charge in [0.2, 0.25) is 0 Å². The van der Waals surface area contributed by atoms with Crippen LogP contribution in [0.15, 0.2) is 84.5 Å². The molecule has 3 rings (SSSR count). The second-order valence-corrected chi connectivity index (χ2v) is 7.09. The van der Waals surface area contributed by atoms with Crippen molar-refractivity contribution >= 4 is 23.7 Å².